The van der Waals surface area contributed by atoms with E-state index in [1.807, 2.05) is 42.7 Å². The van der Waals surface area contributed by atoms with Gasteiger partial charge in [0.1, 0.15) is 5.82 Å². The van der Waals surface area contributed by atoms with Gasteiger partial charge in [0.2, 0.25) is 5.91 Å². The van der Waals surface area contributed by atoms with Crippen molar-refractivity contribution in [2.24, 2.45) is 0 Å². The third kappa shape index (κ3) is 3.85. The van der Waals surface area contributed by atoms with Crippen molar-refractivity contribution >= 4 is 23.7 Å². The number of rotatable bonds is 4. The predicted molar refractivity (Wildman–Crippen MR) is 84.2 cm³/mol. The quantitative estimate of drug-likeness (QED) is 0.832. The van der Waals surface area contributed by atoms with E-state index in [1.165, 1.54) is 18.8 Å². The lowest BCUT2D eigenvalue weighted by atomic mass is 10.2. The Morgan fingerprint density at radius 3 is 2.73 bits per heavy atom. The number of thioether (sulfide) groups is 1. The summed E-state index contributed by atoms with van der Waals surface area (Å²) in [5.41, 5.74) is 2.07. The summed E-state index contributed by atoms with van der Waals surface area (Å²) in [5, 5.41) is 13.3. The average molecular weight is 319 g/mol. The third-order valence-corrected chi connectivity index (χ3v) is 3.80. The Bertz CT molecular complexity index is 698. The van der Waals surface area contributed by atoms with Crippen molar-refractivity contribution in [2.75, 3.05) is 12.8 Å². The van der Waals surface area contributed by atoms with Gasteiger partial charge in [0, 0.05) is 12.7 Å². The minimum atomic E-state index is -0.526. The first-order valence-electron chi connectivity index (χ1n) is 6.64. The summed E-state index contributed by atoms with van der Waals surface area (Å²) in [4.78, 5) is 22.7. The fourth-order valence-electron chi connectivity index (χ4n) is 1.86. The van der Waals surface area contributed by atoms with Crippen LogP contribution in [0, 0.1) is 13.8 Å². The second-order valence-corrected chi connectivity index (χ2v) is 5.56. The van der Waals surface area contributed by atoms with Crippen LogP contribution in [0.25, 0.3) is 5.69 Å². The first kappa shape index (κ1) is 16.0. The molecule has 0 bridgehead atoms. The van der Waals surface area contributed by atoms with Crippen molar-refractivity contribution in [1.82, 2.24) is 25.4 Å². The standard InChI is InChI=1S/C14H17N5O2S/c1-9-5-4-6-11(7-9)19-10(2)17-18-14(19)22-8-12(20)16-13(21)15-3/h4-7H,8H2,1-3H3,(H2,15,16,20,21). The molecule has 0 fully saturated rings. The molecule has 0 saturated heterocycles. The summed E-state index contributed by atoms with van der Waals surface area (Å²) < 4.78 is 1.88. The number of urea groups is 1. The summed E-state index contributed by atoms with van der Waals surface area (Å²) >= 11 is 1.23. The van der Waals surface area contributed by atoms with Gasteiger partial charge in [0.05, 0.1) is 5.75 Å². The first-order valence-corrected chi connectivity index (χ1v) is 7.63. The van der Waals surface area contributed by atoms with Crippen LogP contribution in [-0.4, -0.2) is 39.5 Å². The summed E-state index contributed by atoms with van der Waals surface area (Å²) in [6.45, 7) is 3.86. The van der Waals surface area contributed by atoms with E-state index in [2.05, 4.69) is 20.8 Å². The number of nitrogens with zero attached hydrogens (tertiary/aromatic N) is 3. The number of aromatic nitrogens is 3. The molecule has 22 heavy (non-hydrogen) atoms. The van der Waals surface area contributed by atoms with Crippen molar-refractivity contribution in [3.05, 3.63) is 35.7 Å². The van der Waals surface area contributed by atoms with Gasteiger partial charge in [-0.1, -0.05) is 23.9 Å². The number of hydrogen-bond donors (Lipinski definition) is 2. The normalized spacial score (nSPS) is 10.3. The fraction of sp³-hybridized carbons (Fsp3) is 0.286. The summed E-state index contributed by atoms with van der Waals surface area (Å²) in [6.07, 6.45) is 0. The summed E-state index contributed by atoms with van der Waals surface area (Å²) in [7, 11) is 1.45. The number of benzene rings is 1. The topological polar surface area (TPSA) is 88.9 Å². The van der Waals surface area contributed by atoms with Gasteiger partial charge >= 0.3 is 6.03 Å². The highest BCUT2D eigenvalue weighted by atomic mass is 32.2. The molecular weight excluding hydrogens is 302 g/mol. The Morgan fingerprint density at radius 2 is 2.05 bits per heavy atom. The lowest BCUT2D eigenvalue weighted by Gasteiger charge is -2.09. The lowest BCUT2D eigenvalue weighted by molar-refractivity contribution is -0.117. The van der Waals surface area contributed by atoms with E-state index in [-0.39, 0.29) is 11.7 Å². The van der Waals surface area contributed by atoms with Crippen LogP contribution in [0.4, 0.5) is 4.79 Å². The molecule has 2 aromatic rings. The van der Waals surface area contributed by atoms with Gasteiger partial charge in [-0.15, -0.1) is 10.2 Å². The molecule has 1 aromatic carbocycles. The third-order valence-electron chi connectivity index (χ3n) is 2.87. The number of nitrogens with one attached hydrogen (secondary N) is 2. The van der Waals surface area contributed by atoms with Crippen LogP contribution in [0.5, 0.6) is 0 Å². The highest BCUT2D eigenvalue weighted by Gasteiger charge is 2.14. The molecule has 8 heteroatoms. The van der Waals surface area contributed by atoms with Crippen LogP contribution in [-0.2, 0) is 4.79 Å². The molecule has 1 heterocycles. The number of imide groups is 1. The molecule has 7 nitrogen and oxygen atoms in total. The lowest BCUT2D eigenvalue weighted by Crippen LogP contribution is -2.38. The molecule has 0 aliphatic heterocycles. The Morgan fingerprint density at radius 1 is 1.27 bits per heavy atom. The van der Waals surface area contributed by atoms with Crippen molar-refractivity contribution in [1.29, 1.82) is 0 Å². The molecule has 0 radical (unpaired) electrons. The minimum Gasteiger partial charge on any atom is -0.341 e. The Kier molecular flexibility index (Phi) is 5.16. The predicted octanol–water partition coefficient (Wildman–Crippen LogP) is 1.43. The molecule has 2 rings (SSSR count). The van der Waals surface area contributed by atoms with Crippen LogP contribution in [0.2, 0.25) is 0 Å². The Labute approximate surface area is 132 Å². The zero-order valence-corrected chi connectivity index (χ0v) is 13.4. The largest absolute Gasteiger partial charge is 0.341 e. The maximum absolute atomic E-state index is 11.6. The second kappa shape index (κ2) is 7.08. The highest BCUT2D eigenvalue weighted by Crippen LogP contribution is 2.22. The summed E-state index contributed by atoms with van der Waals surface area (Å²) in [6, 6.07) is 7.41. The average Bonchev–Trinajstić information content (AvgIpc) is 2.86. The fourth-order valence-corrected chi connectivity index (χ4v) is 2.65. The summed E-state index contributed by atoms with van der Waals surface area (Å²) in [5.74, 6) is 0.429. The number of amides is 3. The van der Waals surface area contributed by atoms with E-state index >= 15 is 0 Å². The molecule has 0 spiro atoms. The number of carbonyl (C=O) groups is 2. The number of carbonyl (C=O) groups excluding carboxylic acids is 2. The zero-order valence-electron chi connectivity index (χ0n) is 12.6. The van der Waals surface area contributed by atoms with E-state index in [0.717, 1.165) is 17.1 Å². The molecule has 0 aliphatic carbocycles. The van der Waals surface area contributed by atoms with E-state index in [4.69, 9.17) is 0 Å². The van der Waals surface area contributed by atoms with Crippen LogP contribution in [0.3, 0.4) is 0 Å². The second-order valence-electron chi connectivity index (χ2n) is 4.62. The zero-order chi connectivity index (χ0) is 16.1. The van der Waals surface area contributed by atoms with E-state index in [9.17, 15) is 9.59 Å². The van der Waals surface area contributed by atoms with Gasteiger partial charge in [-0.05, 0) is 31.5 Å². The van der Waals surface area contributed by atoms with Crippen molar-refractivity contribution < 1.29 is 9.59 Å². The molecule has 0 unspecified atom stereocenters. The SMILES string of the molecule is CNC(=O)NC(=O)CSc1nnc(C)n1-c1cccc(C)c1. The van der Waals surface area contributed by atoms with Gasteiger partial charge < -0.3 is 5.32 Å². The Hall–Kier alpha value is -2.35. The van der Waals surface area contributed by atoms with Gasteiger partial charge in [0.25, 0.3) is 0 Å². The number of hydrogen-bond acceptors (Lipinski definition) is 5. The van der Waals surface area contributed by atoms with Gasteiger partial charge in [-0.3, -0.25) is 14.7 Å². The minimum absolute atomic E-state index is 0.0807. The van der Waals surface area contributed by atoms with Crippen LogP contribution in [0.15, 0.2) is 29.4 Å². The molecular formula is C14H17N5O2S. The van der Waals surface area contributed by atoms with Crippen LogP contribution < -0.4 is 10.6 Å². The van der Waals surface area contributed by atoms with Gasteiger partial charge in [-0.2, -0.15) is 0 Å². The van der Waals surface area contributed by atoms with Gasteiger partial charge in [-0.25, -0.2) is 4.79 Å². The molecule has 0 aliphatic rings. The maximum Gasteiger partial charge on any atom is 0.321 e. The number of aryl methyl sites for hydroxylation is 2. The van der Waals surface area contributed by atoms with Crippen molar-refractivity contribution in [2.45, 2.75) is 19.0 Å². The smallest absolute Gasteiger partial charge is 0.321 e. The van der Waals surface area contributed by atoms with E-state index in [1.54, 1.807) is 0 Å². The van der Waals surface area contributed by atoms with E-state index in [0.29, 0.717) is 5.16 Å². The van der Waals surface area contributed by atoms with Crippen molar-refractivity contribution in [3.63, 3.8) is 0 Å². The monoisotopic (exact) mass is 319 g/mol. The first-order chi connectivity index (χ1) is 10.5. The molecule has 0 saturated carbocycles. The molecule has 116 valence electrons. The molecule has 1 aromatic heterocycles. The Balaban J connectivity index is 2.13. The maximum atomic E-state index is 11.6. The molecule has 2 N–H and O–H groups in total. The molecule has 0 atom stereocenters. The van der Waals surface area contributed by atoms with Gasteiger partial charge in [0.15, 0.2) is 5.16 Å². The highest BCUT2D eigenvalue weighted by molar-refractivity contribution is 7.99. The molecule has 3 amide bonds. The van der Waals surface area contributed by atoms with Crippen molar-refractivity contribution in [3.8, 4) is 5.69 Å². The van der Waals surface area contributed by atoms with Crippen LogP contribution >= 0.6 is 11.8 Å². The van der Waals surface area contributed by atoms with Crippen LogP contribution in [0.1, 0.15) is 11.4 Å². The van der Waals surface area contributed by atoms with E-state index < -0.39 is 6.03 Å².